The van der Waals surface area contributed by atoms with Crippen LogP contribution in [-0.2, 0) is 9.53 Å². The number of carbonyl (C=O) groups is 1. The standard InChI is InChI=1S/C15H28N2O2/c1-12(2)17-10-6-13(7-11-17)15(14(18)19-3)8-4-5-9-16-15/h12-13,16H,4-11H2,1-3H3. The molecule has 1 N–H and O–H groups in total. The molecule has 1 atom stereocenters. The Labute approximate surface area is 116 Å². The largest absolute Gasteiger partial charge is 0.468 e. The third kappa shape index (κ3) is 2.95. The summed E-state index contributed by atoms with van der Waals surface area (Å²) in [5.41, 5.74) is -0.407. The van der Waals surface area contributed by atoms with E-state index in [0.29, 0.717) is 12.0 Å². The Hall–Kier alpha value is -0.610. The summed E-state index contributed by atoms with van der Waals surface area (Å²) < 4.78 is 5.11. The van der Waals surface area contributed by atoms with Crippen LogP contribution in [0, 0.1) is 5.92 Å². The Balaban J connectivity index is 2.06. The molecule has 2 rings (SSSR count). The highest BCUT2D eigenvalue weighted by Crippen LogP contribution is 2.35. The first-order valence-electron chi connectivity index (χ1n) is 7.67. The topological polar surface area (TPSA) is 41.6 Å². The predicted octanol–water partition coefficient (Wildman–Crippen LogP) is 1.79. The fourth-order valence-electron chi connectivity index (χ4n) is 3.71. The lowest BCUT2D eigenvalue weighted by Crippen LogP contribution is -2.62. The van der Waals surface area contributed by atoms with Gasteiger partial charge in [-0.1, -0.05) is 0 Å². The van der Waals surface area contributed by atoms with Crippen LogP contribution in [0.4, 0.5) is 0 Å². The quantitative estimate of drug-likeness (QED) is 0.792. The molecule has 2 aliphatic rings. The molecule has 0 radical (unpaired) electrons. The number of piperidine rings is 2. The highest BCUT2D eigenvalue weighted by Gasteiger charge is 2.47. The van der Waals surface area contributed by atoms with Crippen LogP contribution in [0.2, 0.25) is 0 Å². The van der Waals surface area contributed by atoms with Gasteiger partial charge in [0.15, 0.2) is 0 Å². The molecular formula is C15H28N2O2. The number of methoxy groups -OCH3 is 1. The van der Waals surface area contributed by atoms with Crippen LogP contribution >= 0.6 is 0 Å². The van der Waals surface area contributed by atoms with Crippen molar-refractivity contribution in [3.05, 3.63) is 0 Å². The zero-order valence-electron chi connectivity index (χ0n) is 12.6. The average molecular weight is 268 g/mol. The van der Waals surface area contributed by atoms with Crippen molar-refractivity contribution in [1.82, 2.24) is 10.2 Å². The fourth-order valence-corrected chi connectivity index (χ4v) is 3.71. The summed E-state index contributed by atoms with van der Waals surface area (Å²) in [6, 6.07) is 0.606. The number of carbonyl (C=O) groups excluding carboxylic acids is 1. The highest BCUT2D eigenvalue weighted by atomic mass is 16.5. The normalized spacial score (nSPS) is 30.5. The first-order valence-corrected chi connectivity index (χ1v) is 7.67. The van der Waals surface area contributed by atoms with Crippen molar-refractivity contribution >= 4 is 5.97 Å². The maximum atomic E-state index is 12.3. The van der Waals surface area contributed by atoms with Gasteiger partial charge < -0.3 is 15.0 Å². The predicted molar refractivity (Wildman–Crippen MR) is 76.0 cm³/mol. The van der Waals surface area contributed by atoms with Gasteiger partial charge in [-0.05, 0) is 71.5 Å². The Morgan fingerprint density at radius 3 is 2.47 bits per heavy atom. The van der Waals surface area contributed by atoms with Gasteiger partial charge in [-0.15, -0.1) is 0 Å². The summed E-state index contributed by atoms with van der Waals surface area (Å²) in [6.45, 7) is 7.63. The van der Waals surface area contributed by atoms with Gasteiger partial charge in [-0.25, -0.2) is 0 Å². The molecule has 0 amide bonds. The van der Waals surface area contributed by atoms with Crippen molar-refractivity contribution in [2.45, 2.75) is 57.5 Å². The number of ether oxygens (including phenoxy) is 1. The van der Waals surface area contributed by atoms with E-state index in [4.69, 9.17) is 4.74 Å². The second kappa shape index (κ2) is 6.23. The second-order valence-corrected chi connectivity index (χ2v) is 6.25. The summed E-state index contributed by atoms with van der Waals surface area (Å²) in [5.74, 6) is 0.380. The molecule has 2 aliphatic heterocycles. The molecule has 19 heavy (non-hydrogen) atoms. The summed E-state index contributed by atoms with van der Waals surface area (Å²) in [4.78, 5) is 14.8. The van der Waals surface area contributed by atoms with Gasteiger partial charge in [-0.2, -0.15) is 0 Å². The van der Waals surface area contributed by atoms with E-state index in [9.17, 15) is 4.79 Å². The van der Waals surface area contributed by atoms with Gasteiger partial charge in [0.25, 0.3) is 0 Å². The summed E-state index contributed by atoms with van der Waals surface area (Å²) in [5, 5.41) is 3.50. The number of hydrogen-bond acceptors (Lipinski definition) is 4. The van der Waals surface area contributed by atoms with E-state index in [2.05, 4.69) is 24.1 Å². The monoisotopic (exact) mass is 268 g/mol. The van der Waals surface area contributed by atoms with Crippen LogP contribution in [0.3, 0.4) is 0 Å². The Kier molecular flexibility index (Phi) is 4.85. The zero-order chi connectivity index (χ0) is 13.9. The van der Waals surface area contributed by atoms with Gasteiger partial charge in [0.2, 0.25) is 0 Å². The first kappa shape index (κ1) is 14.8. The van der Waals surface area contributed by atoms with Crippen molar-refractivity contribution in [2.24, 2.45) is 5.92 Å². The van der Waals surface area contributed by atoms with Crippen LogP contribution < -0.4 is 5.32 Å². The third-order valence-corrected chi connectivity index (χ3v) is 4.94. The maximum absolute atomic E-state index is 12.3. The minimum Gasteiger partial charge on any atom is -0.468 e. The number of nitrogens with one attached hydrogen (secondary N) is 1. The van der Waals surface area contributed by atoms with E-state index in [-0.39, 0.29) is 5.97 Å². The summed E-state index contributed by atoms with van der Waals surface area (Å²) in [7, 11) is 1.52. The molecule has 0 aliphatic carbocycles. The number of likely N-dealkylation sites (tertiary alicyclic amines) is 1. The van der Waals surface area contributed by atoms with E-state index in [1.54, 1.807) is 0 Å². The molecule has 0 bridgehead atoms. The number of nitrogens with zero attached hydrogens (tertiary/aromatic N) is 1. The van der Waals surface area contributed by atoms with Gasteiger partial charge in [0.1, 0.15) is 5.54 Å². The first-order chi connectivity index (χ1) is 9.10. The van der Waals surface area contributed by atoms with E-state index in [1.807, 2.05) is 0 Å². The van der Waals surface area contributed by atoms with Crippen molar-refractivity contribution < 1.29 is 9.53 Å². The van der Waals surface area contributed by atoms with Gasteiger partial charge in [-0.3, -0.25) is 4.79 Å². The fraction of sp³-hybridized carbons (Fsp3) is 0.933. The van der Waals surface area contributed by atoms with Crippen LogP contribution in [0.25, 0.3) is 0 Å². The van der Waals surface area contributed by atoms with Crippen LogP contribution in [0.1, 0.15) is 46.0 Å². The second-order valence-electron chi connectivity index (χ2n) is 6.25. The van der Waals surface area contributed by atoms with E-state index in [0.717, 1.165) is 45.3 Å². The molecule has 1 unspecified atom stereocenters. The average Bonchev–Trinajstić information content (AvgIpc) is 2.47. The number of rotatable bonds is 3. The Bertz CT molecular complexity index is 303. The molecule has 0 aromatic heterocycles. The molecule has 110 valence electrons. The summed E-state index contributed by atoms with van der Waals surface area (Å²) >= 11 is 0. The van der Waals surface area contributed by atoms with E-state index < -0.39 is 5.54 Å². The van der Waals surface area contributed by atoms with E-state index >= 15 is 0 Å². The molecule has 0 aromatic rings. The third-order valence-electron chi connectivity index (χ3n) is 4.94. The van der Waals surface area contributed by atoms with Crippen LogP contribution in [0.5, 0.6) is 0 Å². The molecule has 4 nitrogen and oxygen atoms in total. The van der Waals surface area contributed by atoms with Crippen molar-refractivity contribution in [2.75, 3.05) is 26.7 Å². The molecule has 2 saturated heterocycles. The van der Waals surface area contributed by atoms with Gasteiger partial charge >= 0.3 is 5.97 Å². The lowest BCUT2D eigenvalue weighted by Gasteiger charge is -2.46. The smallest absolute Gasteiger partial charge is 0.326 e. The van der Waals surface area contributed by atoms with E-state index in [1.165, 1.54) is 13.5 Å². The molecule has 0 aromatic carbocycles. The SMILES string of the molecule is COC(=O)C1(C2CCN(C(C)C)CC2)CCCCN1. The lowest BCUT2D eigenvalue weighted by molar-refractivity contribution is -0.154. The Morgan fingerprint density at radius 2 is 2.00 bits per heavy atom. The van der Waals surface area contributed by atoms with Crippen molar-refractivity contribution in [1.29, 1.82) is 0 Å². The molecule has 2 heterocycles. The molecule has 4 heteroatoms. The number of hydrogen-bond donors (Lipinski definition) is 1. The van der Waals surface area contributed by atoms with Gasteiger partial charge in [0.05, 0.1) is 7.11 Å². The zero-order valence-corrected chi connectivity index (χ0v) is 12.6. The van der Waals surface area contributed by atoms with Crippen molar-refractivity contribution in [3.63, 3.8) is 0 Å². The molecule has 0 spiro atoms. The minimum atomic E-state index is -0.407. The van der Waals surface area contributed by atoms with Gasteiger partial charge in [0, 0.05) is 6.04 Å². The maximum Gasteiger partial charge on any atom is 0.326 e. The molecule has 2 fully saturated rings. The van der Waals surface area contributed by atoms with Crippen LogP contribution in [-0.4, -0.2) is 49.2 Å². The highest BCUT2D eigenvalue weighted by molar-refractivity contribution is 5.81. The van der Waals surface area contributed by atoms with Crippen LogP contribution in [0.15, 0.2) is 0 Å². The summed E-state index contributed by atoms with van der Waals surface area (Å²) in [6.07, 6.45) is 5.43. The van der Waals surface area contributed by atoms with Crippen molar-refractivity contribution in [3.8, 4) is 0 Å². The number of esters is 1. The molecule has 0 saturated carbocycles. The minimum absolute atomic E-state index is 0.0461. The lowest BCUT2D eigenvalue weighted by atomic mass is 9.73. The Morgan fingerprint density at radius 1 is 1.32 bits per heavy atom. The molecular weight excluding hydrogens is 240 g/mol.